The summed E-state index contributed by atoms with van der Waals surface area (Å²) in [7, 11) is 2.12. The molecular formula is C22H39N. The lowest BCUT2D eigenvalue weighted by Crippen LogP contribution is -2.52. The fourth-order valence-corrected chi connectivity index (χ4v) is 8.20. The minimum atomic E-state index is 0.676. The Morgan fingerprint density at radius 1 is 0.826 bits per heavy atom. The second-order valence-electron chi connectivity index (χ2n) is 10.1. The number of nitrogens with one attached hydrogen (secondary N) is 1. The number of rotatable bonds is 3. The van der Waals surface area contributed by atoms with Crippen molar-refractivity contribution in [3.63, 3.8) is 0 Å². The first-order valence-corrected chi connectivity index (χ1v) is 10.7. The van der Waals surface area contributed by atoms with E-state index in [1.165, 1.54) is 38.6 Å². The van der Waals surface area contributed by atoms with Gasteiger partial charge in [0.05, 0.1) is 0 Å². The summed E-state index contributed by atoms with van der Waals surface area (Å²) >= 11 is 0. The van der Waals surface area contributed by atoms with E-state index in [1.54, 1.807) is 38.5 Å². The molecule has 4 aliphatic carbocycles. The third kappa shape index (κ3) is 2.43. The molecule has 7 atom stereocenters. The molecule has 0 amide bonds. The van der Waals surface area contributed by atoms with E-state index in [0.29, 0.717) is 10.8 Å². The maximum absolute atomic E-state index is 3.41. The van der Waals surface area contributed by atoms with Gasteiger partial charge < -0.3 is 5.32 Å². The highest BCUT2D eigenvalue weighted by molar-refractivity contribution is 5.08. The van der Waals surface area contributed by atoms with Crippen molar-refractivity contribution >= 4 is 0 Å². The van der Waals surface area contributed by atoms with Crippen molar-refractivity contribution in [2.45, 2.75) is 84.5 Å². The van der Waals surface area contributed by atoms with Gasteiger partial charge in [-0.3, -0.25) is 0 Å². The Balaban J connectivity index is 1.55. The lowest BCUT2D eigenvalue weighted by atomic mass is 9.45. The molecule has 23 heavy (non-hydrogen) atoms. The Morgan fingerprint density at radius 2 is 1.65 bits per heavy atom. The summed E-state index contributed by atoms with van der Waals surface area (Å²) in [5.41, 5.74) is 1.39. The zero-order valence-electron chi connectivity index (χ0n) is 15.9. The fraction of sp³-hybridized carbons (Fsp3) is 1.00. The molecule has 0 bridgehead atoms. The van der Waals surface area contributed by atoms with Crippen molar-refractivity contribution < 1.29 is 0 Å². The van der Waals surface area contributed by atoms with Crippen molar-refractivity contribution in [1.29, 1.82) is 0 Å². The second kappa shape index (κ2) is 6.04. The Kier molecular flexibility index (Phi) is 4.32. The van der Waals surface area contributed by atoms with Gasteiger partial charge in [-0.15, -0.1) is 0 Å². The van der Waals surface area contributed by atoms with Crippen LogP contribution in [0.2, 0.25) is 0 Å². The minimum Gasteiger partial charge on any atom is -0.320 e. The van der Waals surface area contributed by atoms with Crippen molar-refractivity contribution in [2.75, 3.05) is 13.6 Å². The lowest BCUT2D eigenvalue weighted by Gasteiger charge is -2.60. The van der Waals surface area contributed by atoms with Crippen molar-refractivity contribution in [3.05, 3.63) is 0 Å². The Labute approximate surface area is 144 Å². The van der Waals surface area contributed by atoms with Gasteiger partial charge in [-0.2, -0.15) is 0 Å². The molecule has 0 heterocycles. The first-order chi connectivity index (χ1) is 11.1. The van der Waals surface area contributed by atoms with Gasteiger partial charge >= 0.3 is 0 Å². The van der Waals surface area contributed by atoms with E-state index >= 15 is 0 Å². The molecule has 1 nitrogen and oxygen atoms in total. The van der Waals surface area contributed by atoms with Crippen LogP contribution in [0, 0.1) is 40.4 Å². The normalized spacial score (nSPS) is 52.6. The SMILES string of the molecule is CNCC[C@H]1CC[C@H]2[C@@H]3CC[C@H]4CCCC[C@]4(C)[C@H]3CC[C@]12C. The highest BCUT2D eigenvalue weighted by Crippen LogP contribution is 2.67. The summed E-state index contributed by atoms with van der Waals surface area (Å²) in [4.78, 5) is 0. The van der Waals surface area contributed by atoms with Gasteiger partial charge in [0, 0.05) is 0 Å². The van der Waals surface area contributed by atoms with E-state index in [4.69, 9.17) is 0 Å². The van der Waals surface area contributed by atoms with Crippen molar-refractivity contribution in [3.8, 4) is 0 Å². The molecule has 0 unspecified atom stereocenters. The van der Waals surface area contributed by atoms with Gasteiger partial charge in [-0.25, -0.2) is 0 Å². The smallest absolute Gasteiger partial charge is 0.00491 e. The van der Waals surface area contributed by atoms with Gasteiger partial charge in [0.2, 0.25) is 0 Å². The number of fused-ring (bicyclic) bond motifs is 5. The molecule has 0 aliphatic heterocycles. The van der Waals surface area contributed by atoms with Crippen LogP contribution in [0.3, 0.4) is 0 Å². The number of hydrogen-bond acceptors (Lipinski definition) is 1. The summed E-state index contributed by atoms with van der Waals surface area (Å²) in [6.45, 7) is 6.63. The summed E-state index contributed by atoms with van der Waals surface area (Å²) in [6.07, 6.45) is 16.8. The molecule has 4 fully saturated rings. The van der Waals surface area contributed by atoms with E-state index in [0.717, 1.165) is 29.6 Å². The van der Waals surface area contributed by atoms with E-state index in [2.05, 4.69) is 26.2 Å². The maximum atomic E-state index is 3.41. The molecule has 4 saturated carbocycles. The molecule has 4 rings (SSSR count). The van der Waals surface area contributed by atoms with Crippen molar-refractivity contribution in [2.24, 2.45) is 40.4 Å². The van der Waals surface area contributed by atoms with Gasteiger partial charge in [-0.05, 0) is 112 Å². The van der Waals surface area contributed by atoms with E-state index < -0.39 is 0 Å². The molecule has 4 aliphatic rings. The Bertz CT molecular complexity index is 432. The van der Waals surface area contributed by atoms with Crippen LogP contribution in [-0.4, -0.2) is 13.6 Å². The van der Waals surface area contributed by atoms with Crippen LogP contribution in [-0.2, 0) is 0 Å². The summed E-state index contributed by atoms with van der Waals surface area (Å²) in [5.74, 6) is 5.28. The zero-order chi connectivity index (χ0) is 16.1. The van der Waals surface area contributed by atoms with Crippen LogP contribution in [0.25, 0.3) is 0 Å². The molecular weight excluding hydrogens is 278 g/mol. The fourth-order valence-electron chi connectivity index (χ4n) is 8.20. The Hall–Kier alpha value is -0.0400. The average molecular weight is 318 g/mol. The van der Waals surface area contributed by atoms with Gasteiger partial charge in [0.15, 0.2) is 0 Å². The first kappa shape index (κ1) is 16.4. The van der Waals surface area contributed by atoms with Crippen molar-refractivity contribution in [1.82, 2.24) is 5.32 Å². The third-order valence-electron chi connectivity index (χ3n) is 9.52. The number of hydrogen-bond donors (Lipinski definition) is 1. The summed E-state index contributed by atoms with van der Waals surface area (Å²) < 4.78 is 0. The molecule has 0 spiro atoms. The average Bonchev–Trinajstić information content (AvgIpc) is 2.89. The van der Waals surface area contributed by atoms with Gasteiger partial charge in [0.25, 0.3) is 0 Å². The van der Waals surface area contributed by atoms with Crippen LogP contribution in [0.5, 0.6) is 0 Å². The predicted octanol–water partition coefficient (Wildman–Crippen LogP) is 5.64. The van der Waals surface area contributed by atoms with Gasteiger partial charge in [-0.1, -0.05) is 26.7 Å². The molecule has 0 aromatic heterocycles. The lowest BCUT2D eigenvalue weighted by molar-refractivity contribution is -0.111. The molecule has 1 N–H and O–H groups in total. The highest BCUT2D eigenvalue weighted by Gasteiger charge is 2.59. The van der Waals surface area contributed by atoms with Crippen LogP contribution in [0.4, 0.5) is 0 Å². The highest BCUT2D eigenvalue weighted by atomic mass is 14.8. The largest absolute Gasteiger partial charge is 0.320 e. The minimum absolute atomic E-state index is 0.676. The molecule has 0 aromatic carbocycles. The summed E-state index contributed by atoms with van der Waals surface area (Å²) in [5, 5.41) is 3.41. The third-order valence-corrected chi connectivity index (χ3v) is 9.52. The molecule has 0 saturated heterocycles. The van der Waals surface area contributed by atoms with Crippen LogP contribution < -0.4 is 5.32 Å². The van der Waals surface area contributed by atoms with Crippen LogP contribution in [0.15, 0.2) is 0 Å². The molecule has 1 heteroatoms. The molecule has 0 aromatic rings. The molecule has 0 radical (unpaired) electrons. The van der Waals surface area contributed by atoms with Crippen LogP contribution >= 0.6 is 0 Å². The van der Waals surface area contributed by atoms with E-state index in [-0.39, 0.29) is 0 Å². The molecule has 132 valence electrons. The summed E-state index contributed by atoms with van der Waals surface area (Å²) in [6, 6.07) is 0. The maximum Gasteiger partial charge on any atom is -0.00491 e. The second-order valence-corrected chi connectivity index (χ2v) is 10.1. The standard InChI is InChI=1S/C22H39N/c1-21-13-5-4-6-16(21)7-9-18-19-10-8-17(12-15-23-3)22(19,2)14-11-20(18)21/h16-20,23H,4-15H2,1-3H3/t16-,17-,18+,19+,20+,21+,22-/m1/s1. The van der Waals surface area contributed by atoms with E-state index in [9.17, 15) is 0 Å². The predicted molar refractivity (Wildman–Crippen MR) is 98.4 cm³/mol. The zero-order valence-corrected chi connectivity index (χ0v) is 15.9. The Morgan fingerprint density at radius 3 is 2.48 bits per heavy atom. The monoisotopic (exact) mass is 317 g/mol. The van der Waals surface area contributed by atoms with E-state index in [1.807, 2.05) is 0 Å². The topological polar surface area (TPSA) is 12.0 Å². The van der Waals surface area contributed by atoms with Gasteiger partial charge in [0.1, 0.15) is 0 Å². The van der Waals surface area contributed by atoms with Crippen LogP contribution in [0.1, 0.15) is 84.5 Å². The quantitative estimate of drug-likeness (QED) is 0.709. The first-order valence-electron chi connectivity index (χ1n) is 10.7.